The highest BCUT2D eigenvalue weighted by Crippen LogP contribution is 2.26. The van der Waals surface area contributed by atoms with E-state index in [2.05, 4.69) is 20.5 Å². The number of thioether (sulfide) groups is 1. The van der Waals surface area contributed by atoms with E-state index in [1.54, 1.807) is 49.4 Å². The maximum atomic E-state index is 12.0. The van der Waals surface area contributed by atoms with E-state index in [0.29, 0.717) is 38.8 Å². The lowest BCUT2D eigenvalue weighted by atomic mass is 10.1. The van der Waals surface area contributed by atoms with Gasteiger partial charge in [-0.05, 0) is 48.9 Å². The first-order valence-electron chi connectivity index (χ1n) is 9.93. The monoisotopic (exact) mass is 486 g/mol. The Morgan fingerprint density at radius 3 is 2.82 bits per heavy atom. The average Bonchev–Trinajstić information content (AvgIpc) is 3.25. The Bertz CT molecular complexity index is 1320. The summed E-state index contributed by atoms with van der Waals surface area (Å²) < 4.78 is 15.8. The van der Waals surface area contributed by atoms with Crippen molar-refractivity contribution in [3.63, 3.8) is 0 Å². The molecule has 0 spiro atoms. The summed E-state index contributed by atoms with van der Waals surface area (Å²) in [5.41, 5.74) is 1.10. The number of rotatable bonds is 8. The fourth-order valence-electron chi connectivity index (χ4n) is 2.94. The van der Waals surface area contributed by atoms with Gasteiger partial charge in [-0.3, -0.25) is 10.4 Å². The second kappa shape index (κ2) is 10.4. The van der Waals surface area contributed by atoms with E-state index >= 15 is 0 Å². The molecule has 0 radical (unpaired) electrons. The van der Waals surface area contributed by atoms with Crippen molar-refractivity contribution in [2.24, 2.45) is 0 Å². The molecule has 0 atom stereocenters. The van der Waals surface area contributed by atoms with Gasteiger partial charge in [-0.25, -0.2) is 14.6 Å². The van der Waals surface area contributed by atoms with Crippen LogP contribution in [0.4, 0.5) is 10.5 Å². The standard InChI is InChI=1S/C22H19ClN4O5S/c1-2-30-22(29)24-15-5-8-17-13(9-20(28)32-18(17)10-15)12-33-21-25-19(26-27-21)11-31-16-6-3-14(23)4-7-16/h3-10H,2,11-12H2,1H3,(H,24,29)(H,25,26,27). The highest BCUT2D eigenvalue weighted by atomic mass is 35.5. The third-order valence-corrected chi connectivity index (χ3v) is 5.56. The Hall–Kier alpha value is -3.50. The number of halogens is 1. The largest absolute Gasteiger partial charge is 0.486 e. The van der Waals surface area contributed by atoms with E-state index in [0.717, 1.165) is 10.9 Å². The number of aromatic nitrogens is 3. The van der Waals surface area contributed by atoms with Gasteiger partial charge in [0, 0.05) is 34.0 Å². The van der Waals surface area contributed by atoms with Crippen LogP contribution < -0.4 is 15.7 Å². The number of anilines is 1. The first-order chi connectivity index (χ1) is 16.0. The highest BCUT2D eigenvalue weighted by Gasteiger charge is 2.11. The van der Waals surface area contributed by atoms with E-state index in [1.165, 1.54) is 17.8 Å². The number of hydrogen-bond acceptors (Lipinski definition) is 8. The maximum Gasteiger partial charge on any atom is 0.411 e. The van der Waals surface area contributed by atoms with E-state index in [1.807, 2.05) is 0 Å². The van der Waals surface area contributed by atoms with Crippen molar-refractivity contribution < 1.29 is 18.7 Å². The number of amides is 1. The van der Waals surface area contributed by atoms with Crippen LogP contribution in [0.2, 0.25) is 5.02 Å². The van der Waals surface area contributed by atoms with Crippen LogP contribution in [0.25, 0.3) is 11.0 Å². The summed E-state index contributed by atoms with van der Waals surface area (Å²) in [5, 5.41) is 11.5. The molecule has 2 aromatic carbocycles. The molecule has 2 aromatic heterocycles. The number of carbonyl (C=O) groups excluding carboxylic acids is 1. The van der Waals surface area contributed by atoms with E-state index in [9.17, 15) is 9.59 Å². The van der Waals surface area contributed by atoms with Gasteiger partial charge < -0.3 is 13.9 Å². The minimum Gasteiger partial charge on any atom is -0.486 e. The third-order valence-electron chi connectivity index (χ3n) is 4.41. The first-order valence-corrected chi connectivity index (χ1v) is 11.3. The molecule has 2 heterocycles. The smallest absolute Gasteiger partial charge is 0.411 e. The van der Waals surface area contributed by atoms with Crippen molar-refractivity contribution in [1.82, 2.24) is 15.2 Å². The summed E-state index contributed by atoms with van der Waals surface area (Å²) in [4.78, 5) is 28.1. The first kappa shape index (κ1) is 22.7. The van der Waals surface area contributed by atoms with Crippen molar-refractivity contribution in [3.05, 3.63) is 75.4 Å². The van der Waals surface area contributed by atoms with E-state index in [4.69, 9.17) is 25.5 Å². The molecule has 0 saturated carbocycles. The normalized spacial score (nSPS) is 10.8. The summed E-state index contributed by atoms with van der Waals surface area (Å²) in [6.07, 6.45) is -0.577. The molecule has 4 rings (SSSR count). The van der Waals surface area contributed by atoms with Crippen LogP contribution in [-0.4, -0.2) is 27.9 Å². The molecule has 0 bridgehead atoms. The van der Waals surface area contributed by atoms with Gasteiger partial charge in [0.1, 0.15) is 17.9 Å². The molecule has 0 aliphatic rings. The minimum atomic E-state index is -0.577. The number of H-pyrrole nitrogens is 1. The van der Waals surface area contributed by atoms with E-state index in [-0.39, 0.29) is 13.2 Å². The number of nitrogens with zero attached hydrogens (tertiary/aromatic N) is 2. The maximum absolute atomic E-state index is 12.0. The Morgan fingerprint density at radius 1 is 1.21 bits per heavy atom. The second-order valence-corrected chi connectivity index (χ2v) is 8.12. The van der Waals surface area contributed by atoms with Gasteiger partial charge in [-0.15, -0.1) is 5.10 Å². The Balaban J connectivity index is 1.42. The number of fused-ring (bicyclic) bond motifs is 1. The zero-order chi connectivity index (χ0) is 23.2. The van der Waals surface area contributed by atoms with Gasteiger partial charge in [0.05, 0.1) is 6.61 Å². The molecule has 1 amide bonds. The molecular formula is C22H19ClN4O5S. The van der Waals surface area contributed by atoms with Gasteiger partial charge in [0.15, 0.2) is 5.82 Å². The van der Waals surface area contributed by atoms with Crippen molar-refractivity contribution >= 4 is 46.1 Å². The lowest BCUT2D eigenvalue weighted by Gasteiger charge is -2.08. The summed E-state index contributed by atoms with van der Waals surface area (Å²) in [6, 6.07) is 13.5. The van der Waals surface area contributed by atoms with Crippen LogP contribution in [0.1, 0.15) is 18.3 Å². The van der Waals surface area contributed by atoms with Gasteiger partial charge in [0.25, 0.3) is 0 Å². The lowest BCUT2D eigenvalue weighted by Crippen LogP contribution is -2.13. The molecule has 2 N–H and O–H groups in total. The topological polar surface area (TPSA) is 119 Å². The van der Waals surface area contributed by atoms with Gasteiger partial charge in [-0.1, -0.05) is 23.4 Å². The van der Waals surface area contributed by atoms with Crippen LogP contribution in [-0.2, 0) is 17.1 Å². The molecule has 0 saturated heterocycles. The lowest BCUT2D eigenvalue weighted by molar-refractivity contribution is 0.168. The quantitative estimate of drug-likeness (QED) is 0.263. The number of hydrogen-bond donors (Lipinski definition) is 2. The summed E-state index contributed by atoms with van der Waals surface area (Å²) >= 11 is 7.24. The molecule has 33 heavy (non-hydrogen) atoms. The Kier molecular flexibility index (Phi) is 7.16. The number of benzene rings is 2. The molecule has 0 aliphatic carbocycles. The molecule has 0 unspecified atom stereocenters. The molecule has 0 aliphatic heterocycles. The van der Waals surface area contributed by atoms with E-state index < -0.39 is 11.7 Å². The predicted molar refractivity (Wildman–Crippen MR) is 125 cm³/mol. The highest BCUT2D eigenvalue weighted by molar-refractivity contribution is 7.98. The third kappa shape index (κ3) is 6.05. The van der Waals surface area contributed by atoms with Crippen molar-refractivity contribution in [1.29, 1.82) is 0 Å². The predicted octanol–water partition coefficient (Wildman–Crippen LogP) is 5.00. The Labute approximate surface area is 197 Å². The summed E-state index contributed by atoms with van der Waals surface area (Å²) in [7, 11) is 0. The van der Waals surface area contributed by atoms with Crippen LogP contribution in [0.5, 0.6) is 5.75 Å². The summed E-state index contributed by atoms with van der Waals surface area (Å²) in [6.45, 7) is 2.20. The van der Waals surface area contributed by atoms with Gasteiger partial charge in [-0.2, -0.15) is 0 Å². The fraction of sp³-hybridized carbons (Fsp3) is 0.182. The molecule has 9 nitrogen and oxygen atoms in total. The van der Waals surface area contributed by atoms with Crippen molar-refractivity contribution in [2.75, 3.05) is 11.9 Å². The second-order valence-electron chi connectivity index (χ2n) is 6.74. The van der Waals surface area contributed by atoms with Crippen LogP contribution in [0.3, 0.4) is 0 Å². The Morgan fingerprint density at radius 2 is 2.03 bits per heavy atom. The SMILES string of the molecule is CCOC(=O)Nc1ccc2c(CSc3n[nH]c(COc4ccc(Cl)cc4)n3)cc(=O)oc2c1. The zero-order valence-corrected chi connectivity index (χ0v) is 19.0. The number of ether oxygens (including phenoxy) is 2. The molecular weight excluding hydrogens is 468 g/mol. The minimum absolute atomic E-state index is 0.225. The van der Waals surface area contributed by atoms with Crippen molar-refractivity contribution in [2.45, 2.75) is 24.4 Å². The molecule has 170 valence electrons. The average molecular weight is 487 g/mol. The van der Waals surface area contributed by atoms with Crippen LogP contribution >= 0.6 is 23.4 Å². The van der Waals surface area contributed by atoms with Gasteiger partial charge >= 0.3 is 11.7 Å². The molecule has 11 heteroatoms. The van der Waals surface area contributed by atoms with Gasteiger partial charge in [0.2, 0.25) is 5.16 Å². The molecule has 4 aromatic rings. The fourth-order valence-corrected chi connectivity index (χ4v) is 3.88. The number of aromatic amines is 1. The van der Waals surface area contributed by atoms with Crippen molar-refractivity contribution in [3.8, 4) is 5.75 Å². The summed E-state index contributed by atoms with van der Waals surface area (Å²) in [5.74, 6) is 1.69. The number of carbonyl (C=O) groups is 1. The number of nitrogens with one attached hydrogen (secondary N) is 2. The van der Waals surface area contributed by atoms with Crippen LogP contribution in [0, 0.1) is 0 Å². The molecule has 0 fully saturated rings. The van der Waals surface area contributed by atoms with Crippen LogP contribution in [0.15, 0.2) is 62.9 Å². The zero-order valence-electron chi connectivity index (χ0n) is 17.5.